The molecule has 0 aromatic carbocycles. The van der Waals surface area contributed by atoms with Crippen LogP contribution < -0.4 is 34.7 Å². The molecule has 5 nitrogen and oxygen atoms in total. The van der Waals surface area contributed by atoms with Crippen LogP contribution in [0.5, 0.6) is 0 Å². The van der Waals surface area contributed by atoms with Crippen LogP contribution in [-0.4, -0.2) is 29.1 Å². The number of carbonyl (C=O) groups is 1. The first-order valence-corrected chi connectivity index (χ1v) is 3.33. The van der Waals surface area contributed by atoms with Crippen molar-refractivity contribution in [2.75, 3.05) is 0 Å². The van der Waals surface area contributed by atoms with E-state index in [2.05, 4.69) is 9.84 Å². The van der Waals surface area contributed by atoms with Crippen LogP contribution in [-0.2, 0) is 4.79 Å². The molecule has 0 radical (unpaired) electrons. The molecule has 6 heteroatoms. The summed E-state index contributed by atoms with van der Waals surface area (Å²) < 4.78 is 0. The molecular formula is C7H9N2NaO3. The van der Waals surface area contributed by atoms with E-state index in [1.807, 2.05) is 0 Å². The first-order chi connectivity index (χ1) is 5.49. The Hall–Kier alpha value is -0.570. The number of carboxylic acid groups (broad SMARTS) is 1. The topological polar surface area (TPSA) is 77.1 Å². The van der Waals surface area contributed by atoms with Crippen molar-refractivity contribution in [2.45, 2.75) is 25.9 Å². The minimum atomic E-state index is -1.17. The Morgan fingerprint density at radius 3 is 2.38 bits per heavy atom. The van der Waals surface area contributed by atoms with Gasteiger partial charge in [0.2, 0.25) is 6.04 Å². The van der Waals surface area contributed by atoms with Gasteiger partial charge in [-0.15, -0.1) is 0 Å². The standard InChI is InChI=1S/C7H10N2O3.Na/c1-4(8-3)6(10)9-5(2)7(11)12;/h4-5H,1-2H3,(H,9,10)(H,11,12);/q;+1/p-1/t4-,5-;/m0./s1. The molecule has 0 bridgehead atoms. The molecule has 13 heavy (non-hydrogen) atoms. The van der Waals surface area contributed by atoms with Crippen molar-refractivity contribution in [2.24, 2.45) is 4.99 Å². The molecule has 0 aromatic heterocycles. The molecule has 0 saturated carbocycles. The van der Waals surface area contributed by atoms with Gasteiger partial charge in [0.25, 0.3) is 0 Å². The minimum Gasteiger partial charge on any atom is -0.857 e. The zero-order valence-electron chi connectivity index (χ0n) is 7.81. The molecule has 0 rings (SSSR count). The van der Waals surface area contributed by atoms with Gasteiger partial charge in [-0.3, -0.25) is 4.99 Å². The van der Waals surface area contributed by atoms with E-state index < -0.39 is 24.0 Å². The Bertz CT molecular complexity index is 247. The van der Waals surface area contributed by atoms with Crippen molar-refractivity contribution in [1.29, 1.82) is 0 Å². The first-order valence-electron chi connectivity index (χ1n) is 3.33. The Morgan fingerprint density at radius 2 is 2.08 bits per heavy atom. The summed E-state index contributed by atoms with van der Waals surface area (Å²) in [6, 6.07) is -1.95. The molecule has 0 heterocycles. The quantitative estimate of drug-likeness (QED) is 0.218. The third-order valence-electron chi connectivity index (χ3n) is 1.23. The second kappa shape index (κ2) is 6.89. The molecule has 0 aliphatic heterocycles. The molecule has 0 aromatic rings. The Morgan fingerprint density at radius 1 is 1.62 bits per heavy atom. The number of rotatable bonds is 3. The summed E-state index contributed by atoms with van der Waals surface area (Å²) in [5.74, 6) is -1.85. The number of hydrogen-bond donors (Lipinski definition) is 1. The van der Waals surface area contributed by atoms with Crippen LogP contribution in [0.25, 0.3) is 4.85 Å². The predicted molar refractivity (Wildman–Crippen MR) is 40.6 cm³/mol. The number of hydrogen-bond acceptors (Lipinski definition) is 3. The van der Waals surface area contributed by atoms with Gasteiger partial charge in [0.05, 0.1) is 0 Å². The Labute approximate surface area is 98.6 Å². The van der Waals surface area contributed by atoms with Gasteiger partial charge in [0, 0.05) is 12.8 Å². The van der Waals surface area contributed by atoms with E-state index in [1.54, 1.807) is 0 Å². The maximum absolute atomic E-state index is 10.8. The van der Waals surface area contributed by atoms with Gasteiger partial charge >= 0.3 is 35.5 Å². The van der Waals surface area contributed by atoms with Crippen molar-refractivity contribution in [1.82, 2.24) is 0 Å². The molecule has 0 amide bonds. The number of aliphatic carboxylic acids is 1. The Balaban J connectivity index is 0. The van der Waals surface area contributed by atoms with Crippen LogP contribution in [0.2, 0.25) is 0 Å². The summed E-state index contributed by atoms with van der Waals surface area (Å²) in [4.78, 5) is 16.4. The van der Waals surface area contributed by atoms with Gasteiger partial charge in [0.1, 0.15) is 6.04 Å². The average Bonchev–Trinajstić information content (AvgIpc) is 2.02. The van der Waals surface area contributed by atoms with Crippen LogP contribution in [0.3, 0.4) is 0 Å². The summed E-state index contributed by atoms with van der Waals surface area (Å²) in [5.41, 5.74) is 0. The van der Waals surface area contributed by atoms with E-state index in [0.717, 1.165) is 0 Å². The minimum absolute atomic E-state index is 0. The van der Waals surface area contributed by atoms with E-state index in [1.165, 1.54) is 13.8 Å². The van der Waals surface area contributed by atoms with Crippen molar-refractivity contribution in [3.05, 3.63) is 11.4 Å². The summed E-state index contributed by atoms with van der Waals surface area (Å²) in [6.07, 6.45) is 0. The van der Waals surface area contributed by atoms with Crippen LogP contribution in [0.4, 0.5) is 0 Å². The normalized spacial score (nSPS) is 15.0. The molecule has 0 aliphatic carbocycles. The van der Waals surface area contributed by atoms with E-state index in [4.69, 9.17) is 11.7 Å². The molecule has 1 N–H and O–H groups in total. The van der Waals surface area contributed by atoms with E-state index in [-0.39, 0.29) is 29.6 Å². The van der Waals surface area contributed by atoms with Gasteiger partial charge in [-0.2, -0.15) is 0 Å². The van der Waals surface area contributed by atoms with Gasteiger partial charge in [-0.25, -0.2) is 11.4 Å². The van der Waals surface area contributed by atoms with Crippen LogP contribution in [0.1, 0.15) is 13.8 Å². The average molecular weight is 192 g/mol. The molecule has 2 atom stereocenters. The van der Waals surface area contributed by atoms with Crippen LogP contribution in [0, 0.1) is 6.57 Å². The van der Waals surface area contributed by atoms with E-state index in [0.29, 0.717) is 0 Å². The maximum atomic E-state index is 10.8. The summed E-state index contributed by atoms with van der Waals surface area (Å²) >= 11 is 0. The molecule has 66 valence electrons. The van der Waals surface area contributed by atoms with E-state index >= 15 is 0 Å². The second-order valence-electron chi connectivity index (χ2n) is 2.29. The largest absolute Gasteiger partial charge is 1.00 e. The van der Waals surface area contributed by atoms with Gasteiger partial charge in [-0.05, 0) is 6.92 Å². The fraction of sp³-hybridized carbons (Fsp3) is 0.571. The molecule has 0 spiro atoms. The number of carboxylic acids is 1. The molecular weight excluding hydrogens is 183 g/mol. The van der Waals surface area contributed by atoms with Crippen molar-refractivity contribution in [3.8, 4) is 0 Å². The fourth-order valence-corrected chi connectivity index (χ4v) is 0.409. The maximum Gasteiger partial charge on any atom is 1.00 e. The molecule has 0 saturated heterocycles. The third-order valence-corrected chi connectivity index (χ3v) is 1.23. The summed E-state index contributed by atoms with van der Waals surface area (Å²) in [5, 5.41) is 19.2. The van der Waals surface area contributed by atoms with Crippen LogP contribution >= 0.6 is 0 Å². The fourth-order valence-electron chi connectivity index (χ4n) is 0.409. The molecule has 0 fully saturated rings. The smallest absolute Gasteiger partial charge is 0.857 e. The van der Waals surface area contributed by atoms with Gasteiger partial charge in [0.15, 0.2) is 0 Å². The van der Waals surface area contributed by atoms with Crippen molar-refractivity contribution < 1.29 is 44.6 Å². The Kier molecular flexibility index (Phi) is 7.92. The second-order valence-corrected chi connectivity index (χ2v) is 2.29. The zero-order chi connectivity index (χ0) is 9.72. The predicted octanol–water partition coefficient (Wildman–Crippen LogP) is -3.47. The zero-order valence-corrected chi connectivity index (χ0v) is 9.81. The number of aliphatic imine (C=N–C) groups is 1. The molecule has 0 unspecified atom stereocenters. The SMILES string of the molecule is [C-]#[N+][C@@H](C)C([O-])=N[C@@H](C)C(=O)O.[Na+]. The molecule has 0 aliphatic rings. The van der Waals surface area contributed by atoms with Crippen molar-refractivity contribution in [3.63, 3.8) is 0 Å². The third kappa shape index (κ3) is 5.64. The van der Waals surface area contributed by atoms with Gasteiger partial charge in [-0.1, -0.05) is 0 Å². The van der Waals surface area contributed by atoms with Crippen LogP contribution in [0.15, 0.2) is 4.99 Å². The summed E-state index contributed by atoms with van der Waals surface area (Å²) in [6.45, 7) is 9.16. The van der Waals surface area contributed by atoms with Crippen molar-refractivity contribution >= 4 is 11.9 Å². The van der Waals surface area contributed by atoms with Gasteiger partial charge < -0.3 is 15.1 Å². The van der Waals surface area contributed by atoms with E-state index in [9.17, 15) is 9.90 Å². The number of nitrogens with zero attached hydrogens (tertiary/aromatic N) is 2. The first kappa shape index (κ1) is 14.9. The summed E-state index contributed by atoms with van der Waals surface area (Å²) in [7, 11) is 0. The monoisotopic (exact) mass is 192 g/mol.